The van der Waals surface area contributed by atoms with Crippen LogP contribution in [0.2, 0.25) is 0 Å². The number of carbonyl (C=O) groups is 1. The molecule has 0 saturated heterocycles. The van der Waals surface area contributed by atoms with Crippen molar-refractivity contribution in [3.8, 4) is 28.3 Å². The fourth-order valence-corrected chi connectivity index (χ4v) is 5.98. The van der Waals surface area contributed by atoms with Crippen molar-refractivity contribution in [3.63, 3.8) is 0 Å². The summed E-state index contributed by atoms with van der Waals surface area (Å²) in [5.74, 6) is -0.641. The van der Waals surface area contributed by atoms with Crippen LogP contribution in [0.25, 0.3) is 33.5 Å². The standard InChI is InChI=1S/C35H44FN5O4/c1-19-21-11-10-14-44-30(21)24(36)15-22(19)29-23-16-26(25-17-27(39-18-38-25)37-13-12-34(3,4)5)41(9)32(23)40-20(2)28(29)31(33(42)43)45-35(6,7)8/h15-18,31H,10-14H2,1-9H3,(H,42,43)(H,37,38,39)/t31-/m0/s1. The minimum atomic E-state index is -1.34. The van der Waals surface area contributed by atoms with Gasteiger partial charge in [0.05, 0.1) is 23.6 Å². The van der Waals surface area contributed by atoms with Gasteiger partial charge in [-0.3, -0.25) is 0 Å². The van der Waals surface area contributed by atoms with E-state index < -0.39 is 23.5 Å². The number of benzene rings is 1. The predicted molar refractivity (Wildman–Crippen MR) is 174 cm³/mol. The molecule has 10 heteroatoms. The summed E-state index contributed by atoms with van der Waals surface area (Å²) in [6.07, 6.45) is 2.60. The SMILES string of the molecule is Cc1nc2c(cc(-c3cc(NCCC(C)(C)C)ncn3)n2C)c(-c2cc(F)c3c(c2C)CCCO3)c1[C@H](OC(C)(C)C)C(=O)O. The van der Waals surface area contributed by atoms with Crippen LogP contribution in [0.5, 0.6) is 5.75 Å². The molecule has 0 fully saturated rings. The number of carboxylic acid groups (broad SMARTS) is 1. The van der Waals surface area contributed by atoms with Gasteiger partial charge in [0, 0.05) is 47.4 Å². The van der Waals surface area contributed by atoms with Gasteiger partial charge in [-0.25, -0.2) is 24.1 Å². The zero-order chi connectivity index (χ0) is 32.8. The second-order valence-electron chi connectivity index (χ2n) is 14.1. The highest BCUT2D eigenvalue weighted by Crippen LogP contribution is 2.45. The molecule has 1 atom stereocenters. The van der Waals surface area contributed by atoms with Crippen LogP contribution in [0.15, 0.2) is 24.5 Å². The highest BCUT2D eigenvalue weighted by molar-refractivity contribution is 6.01. The molecule has 0 aliphatic carbocycles. The van der Waals surface area contributed by atoms with Crippen LogP contribution >= 0.6 is 0 Å². The minimum absolute atomic E-state index is 0.182. The zero-order valence-electron chi connectivity index (χ0n) is 27.8. The van der Waals surface area contributed by atoms with Crippen molar-refractivity contribution in [2.75, 3.05) is 18.5 Å². The van der Waals surface area contributed by atoms with Crippen LogP contribution in [0.1, 0.15) is 82.9 Å². The van der Waals surface area contributed by atoms with E-state index in [-0.39, 0.29) is 11.2 Å². The molecule has 0 radical (unpaired) electrons. The van der Waals surface area contributed by atoms with Crippen molar-refractivity contribution in [2.24, 2.45) is 12.5 Å². The molecule has 1 aromatic carbocycles. The van der Waals surface area contributed by atoms with Crippen LogP contribution in [0.3, 0.4) is 0 Å². The number of halogens is 1. The number of rotatable bonds is 8. The van der Waals surface area contributed by atoms with Crippen LogP contribution in [-0.2, 0) is 23.0 Å². The van der Waals surface area contributed by atoms with Gasteiger partial charge in [-0.15, -0.1) is 0 Å². The molecule has 2 N–H and O–H groups in total. The number of pyridine rings is 1. The van der Waals surface area contributed by atoms with Gasteiger partial charge in [0.25, 0.3) is 0 Å². The van der Waals surface area contributed by atoms with Gasteiger partial charge in [-0.2, -0.15) is 0 Å². The Morgan fingerprint density at radius 1 is 1.16 bits per heavy atom. The van der Waals surface area contributed by atoms with E-state index in [2.05, 4.69) is 36.1 Å². The van der Waals surface area contributed by atoms with E-state index in [0.29, 0.717) is 58.0 Å². The lowest BCUT2D eigenvalue weighted by atomic mass is 9.86. The molecule has 9 nitrogen and oxygen atoms in total. The largest absolute Gasteiger partial charge is 0.490 e. The van der Waals surface area contributed by atoms with Gasteiger partial charge in [0.1, 0.15) is 17.8 Å². The molecule has 4 aromatic rings. The first-order valence-electron chi connectivity index (χ1n) is 15.5. The van der Waals surface area contributed by atoms with Crippen LogP contribution < -0.4 is 10.1 Å². The highest BCUT2D eigenvalue weighted by Gasteiger charge is 2.34. The maximum atomic E-state index is 15.7. The van der Waals surface area contributed by atoms with E-state index in [1.807, 2.05) is 51.4 Å². The minimum Gasteiger partial charge on any atom is -0.490 e. The number of aryl methyl sites for hydroxylation is 2. The van der Waals surface area contributed by atoms with Gasteiger partial charge in [0.2, 0.25) is 0 Å². The van der Waals surface area contributed by atoms with E-state index in [1.54, 1.807) is 6.92 Å². The summed E-state index contributed by atoms with van der Waals surface area (Å²) in [6.45, 7) is 17.0. The topological polar surface area (TPSA) is 111 Å². The Labute approximate surface area is 264 Å². The number of nitrogens with one attached hydrogen (secondary N) is 1. The fraction of sp³-hybridized carbons (Fsp3) is 0.486. The number of aliphatic carboxylic acids is 1. The van der Waals surface area contributed by atoms with Gasteiger partial charge < -0.3 is 24.5 Å². The van der Waals surface area contributed by atoms with E-state index in [9.17, 15) is 9.90 Å². The molecule has 0 amide bonds. The first kappa shape index (κ1) is 32.3. The Bertz CT molecular complexity index is 1770. The van der Waals surface area contributed by atoms with Crippen molar-refractivity contribution >= 4 is 22.8 Å². The van der Waals surface area contributed by atoms with Crippen molar-refractivity contribution in [1.29, 1.82) is 0 Å². The molecule has 0 spiro atoms. The summed E-state index contributed by atoms with van der Waals surface area (Å²) in [5, 5.41) is 14.6. The van der Waals surface area contributed by atoms with Crippen LogP contribution in [-0.4, -0.2) is 49.3 Å². The van der Waals surface area contributed by atoms with Crippen LogP contribution in [0, 0.1) is 25.1 Å². The molecule has 1 aliphatic rings. The average Bonchev–Trinajstić information content (AvgIpc) is 3.28. The first-order valence-corrected chi connectivity index (χ1v) is 15.5. The van der Waals surface area contributed by atoms with E-state index in [1.165, 1.54) is 12.4 Å². The molecule has 0 saturated carbocycles. The van der Waals surface area contributed by atoms with Gasteiger partial charge >= 0.3 is 5.97 Å². The molecule has 0 bridgehead atoms. The first-order chi connectivity index (χ1) is 21.1. The quantitative estimate of drug-likeness (QED) is 0.208. The number of hydrogen-bond donors (Lipinski definition) is 2. The number of aromatic nitrogens is 4. The zero-order valence-corrected chi connectivity index (χ0v) is 27.8. The Balaban J connectivity index is 1.77. The maximum Gasteiger partial charge on any atom is 0.337 e. The normalized spacial score (nSPS) is 14.3. The lowest BCUT2D eigenvalue weighted by molar-refractivity contribution is -0.160. The smallest absolute Gasteiger partial charge is 0.337 e. The second kappa shape index (κ2) is 12.0. The number of ether oxygens (including phenoxy) is 2. The number of anilines is 1. The monoisotopic (exact) mass is 617 g/mol. The van der Waals surface area contributed by atoms with Crippen molar-refractivity contribution in [1.82, 2.24) is 19.5 Å². The summed E-state index contributed by atoms with van der Waals surface area (Å²) >= 11 is 0. The number of carboxylic acids is 1. The van der Waals surface area contributed by atoms with Gasteiger partial charge in [-0.1, -0.05) is 20.8 Å². The van der Waals surface area contributed by atoms with Crippen molar-refractivity contribution in [3.05, 3.63) is 52.7 Å². The number of fused-ring (bicyclic) bond motifs is 2. The third-order valence-electron chi connectivity index (χ3n) is 8.18. The summed E-state index contributed by atoms with van der Waals surface area (Å²) in [4.78, 5) is 26.8. The number of hydrogen-bond acceptors (Lipinski definition) is 7. The molecule has 5 rings (SSSR count). The van der Waals surface area contributed by atoms with Crippen molar-refractivity contribution < 1.29 is 23.8 Å². The Morgan fingerprint density at radius 2 is 1.89 bits per heavy atom. The summed E-state index contributed by atoms with van der Waals surface area (Å²) in [7, 11) is 1.90. The average molecular weight is 618 g/mol. The maximum absolute atomic E-state index is 15.7. The molecular formula is C35H44FN5O4. The second-order valence-corrected chi connectivity index (χ2v) is 14.1. The molecule has 240 valence electrons. The lowest BCUT2D eigenvalue weighted by Gasteiger charge is -2.29. The number of nitrogens with zero attached hydrogens (tertiary/aromatic N) is 4. The molecular weight excluding hydrogens is 573 g/mol. The van der Waals surface area contributed by atoms with Crippen molar-refractivity contribution in [2.45, 2.75) is 86.4 Å². The molecule has 4 heterocycles. The van der Waals surface area contributed by atoms with E-state index >= 15 is 4.39 Å². The Hall–Kier alpha value is -4.05. The fourth-order valence-electron chi connectivity index (χ4n) is 5.98. The third kappa shape index (κ3) is 6.66. The van der Waals surface area contributed by atoms with Gasteiger partial charge in [-0.05, 0) is 82.6 Å². The predicted octanol–water partition coefficient (Wildman–Crippen LogP) is 7.57. The van der Waals surface area contributed by atoms with Crippen LogP contribution in [0.4, 0.5) is 10.2 Å². The summed E-state index contributed by atoms with van der Waals surface area (Å²) < 4.78 is 29.5. The summed E-state index contributed by atoms with van der Waals surface area (Å²) in [6, 6.07) is 5.31. The summed E-state index contributed by atoms with van der Waals surface area (Å²) in [5.41, 5.74) is 5.17. The molecule has 1 aliphatic heterocycles. The van der Waals surface area contributed by atoms with E-state index in [0.717, 1.165) is 36.2 Å². The Morgan fingerprint density at radius 3 is 2.56 bits per heavy atom. The lowest BCUT2D eigenvalue weighted by Crippen LogP contribution is -2.28. The highest BCUT2D eigenvalue weighted by atomic mass is 19.1. The Kier molecular flexibility index (Phi) is 8.65. The van der Waals surface area contributed by atoms with E-state index in [4.69, 9.17) is 14.5 Å². The molecule has 3 aromatic heterocycles. The molecule has 0 unspecified atom stereocenters. The third-order valence-corrected chi connectivity index (χ3v) is 8.18. The van der Waals surface area contributed by atoms with Gasteiger partial charge in [0.15, 0.2) is 17.7 Å². The molecule has 45 heavy (non-hydrogen) atoms.